The highest BCUT2D eigenvalue weighted by atomic mass is 19.1. The van der Waals surface area contributed by atoms with Gasteiger partial charge >= 0.3 is 0 Å². The zero-order valence-corrected chi connectivity index (χ0v) is 10.0. The van der Waals surface area contributed by atoms with E-state index in [4.69, 9.17) is 5.73 Å². The van der Waals surface area contributed by atoms with E-state index in [-0.39, 0.29) is 17.3 Å². The van der Waals surface area contributed by atoms with E-state index in [0.717, 1.165) is 31.7 Å². The summed E-state index contributed by atoms with van der Waals surface area (Å²) >= 11 is 0. The Morgan fingerprint density at radius 1 is 1.33 bits per heavy atom. The van der Waals surface area contributed by atoms with Crippen molar-refractivity contribution < 1.29 is 13.6 Å². The molecule has 0 saturated heterocycles. The fraction of sp³-hybridized carbons (Fsp3) is 0.462. The summed E-state index contributed by atoms with van der Waals surface area (Å²) in [5.74, 6) is -1.49. The van der Waals surface area contributed by atoms with Gasteiger partial charge in [-0.05, 0) is 24.8 Å². The van der Waals surface area contributed by atoms with Crippen LogP contribution in [0.2, 0.25) is 0 Å². The van der Waals surface area contributed by atoms with Crippen LogP contribution in [0.25, 0.3) is 0 Å². The highest BCUT2D eigenvalue weighted by Gasteiger charge is 2.20. The molecule has 3 N–H and O–H groups in total. The third kappa shape index (κ3) is 2.97. The predicted octanol–water partition coefficient (Wildman–Crippen LogP) is 3.07. The van der Waals surface area contributed by atoms with Gasteiger partial charge in [-0.15, -0.1) is 0 Å². The first-order valence-electron chi connectivity index (χ1n) is 6.10. The Morgan fingerprint density at radius 3 is 2.61 bits per heavy atom. The SMILES string of the molecule is Nc1cc(F)cc(F)c1NC(=O)CC1CCCC1. The zero-order chi connectivity index (χ0) is 13.1. The molecule has 98 valence electrons. The molecule has 3 nitrogen and oxygen atoms in total. The maximum Gasteiger partial charge on any atom is 0.224 e. The fourth-order valence-corrected chi connectivity index (χ4v) is 2.39. The van der Waals surface area contributed by atoms with Crippen molar-refractivity contribution in [1.29, 1.82) is 0 Å². The van der Waals surface area contributed by atoms with Crippen LogP contribution < -0.4 is 11.1 Å². The van der Waals surface area contributed by atoms with Crippen molar-refractivity contribution in [3.63, 3.8) is 0 Å². The van der Waals surface area contributed by atoms with Gasteiger partial charge in [0, 0.05) is 12.5 Å². The normalized spacial score (nSPS) is 15.9. The standard InChI is InChI=1S/C13H16F2N2O/c14-9-6-10(15)13(11(16)7-9)17-12(18)5-8-3-1-2-4-8/h6-8H,1-5,16H2,(H,17,18). The molecule has 0 spiro atoms. The Kier molecular flexibility index (Phi) is 3.79. The number of hydrogen-bond acceptors (Lipinski definition) is 2. The number of carbonyl (C=O) groups is 1. The molecule has 0 bridgehead atoms. The van der Waals surface area contributed by atoms with E-state index in [0.29, 0.717) is 18.4 Å². The maximum absolute atomic E-state index is 13.5. The van der Waals surface area contributed by atoms with Crippen LogP contribution in [-0.4, -0.2) is 5.91 Å². The first-order chi connectivity index (χ1) is 8.56. The number of nitrogen functional groups attached to an aromatic ring is 1. The van der Waals surface area contributed by atoms with E-state index in [1.54, 1.807) is 0 Å². The lowest BCUT2D eigenvalue weighted by Crippen LogP contribution is -2.17. The molecule has 0 unspecified atom stereocenters. The Balaban J connectivity index is 2.02. The zero-order valence-electron chi connectivity index (χ0n) is 10.0. The second-order valence-corrected chi connectivity index (χ2v) is 4.75. The van der Waals surface area contributed by atoms with Gasteiger partial charge in [-0.1, -0.05) is 12.8 Å². The largest absolute Gasteiger partial charge is 0.397 e. The quantitative estimate of drug-likeness (QED) is 0.814. The summed E-state index contributed by atoms with van der Waals surface area (Å²) in [5, 5.41) is 2.43. The van der Waals surface area contributed by atoms with Crippen molar-refractivity contribution in [3.8, 4) is 0 Å². The van der Waals surface area contributed by atoms with Gasteiger partial charge in [-0.3, -0.25) is 4.79 Å². The van der Waals surface area contributed by atoms with Crippen molar-refractivity contribution in [2.45, 2.75) is 32.1 Å². The third-order valence-corrected chi connectivity index (χ3v) is 3.30. The van der Waals surface area contributed by atoms with Gasteiger partial charge in [0.15, 0.2) is 5.82 Å². The molecule has 0 aliphatic heterocycles. The molecule has 1 amide bonds. The summed E-state index contributed by atoms with van der Waals surface area (Å²) in [7, 11) is 0. The van der Waals surface area contributed by atoms with Gasteiger partial charge < -0.3 is 11.1 Å². The van der Waals surface area contributed by atoms with E-state index in [2.05, 4.69) is 5.32 Å². The molecule has 1 aromatic rings. The van der Waals surface area contributed by atoms with Crippen molar-refractivity contribution in [2.24, 2.45) is 5.92 Å². The molecule has 1 aliphatic rings. The molecule has 2 rings (SSSR count). The summed E-state index contributed by atoms with van der Waals surface area (Å²) in [5.41, 5.74) is 5.27. The summed E-state index contributed by atoms with van der Waals surface area (Å²) < 4.78 is 26.3. The van der Waals surface area contributed by atoms with Crippen LogP contribution in [0.3, 0.4) is 0 Å². The summed E-state index contributed by atoms with van der Waals surface area (Å²) in [6, 6.07) is 1.70. The Hall–Kier alpha value is -1.65. The van der Waals surface area contributed by atoms with Gasteiger partial charge in [0.25, 0.3) is 0 Å². The number of anilines is 2. The van der Waals surface area contributed by atoms with E-state index in [1.165, 1.54) is 0 Å². The highest BCUT2D eigenvalue weighted by Crippen LogP contribution is 2.29. The van der Waals surface area contributed by atoms with Crippen LogP contribution in [0.15, 0.2) is 12.1 Å². The Labute approximate surface area is 104 Å². The van der Waals surface area contributed by atoms with Crippen molar-refractivity contribution >= 4 is 17.3 Å². The van der Waals surface area contributed by atoms with E-state index in [9.17, 15) is 13.6 Å². The molecule has 18 heavy (non-hydrogen) atoms. The summed E-state index contributed by atoms with van der Waals surface area (Å²) in [6.07, 6.45) is 4.73. The van der Waals surface area contributed by atoms with E-state index < -0.39 is 11.6 Å². The van der Waals surface area contributed by atoms with E-state index >= 15 is 0 Å². The number of hydrogen-bond donors (Lipinski definition) is 2. The second-order valence-electron chi connectivity index (χ2n) is 4.75. The minimum Gasteiger partial charge on any atom is -0.397 e. The van der Waals surface area contributed by atoms with Crippen molar-refractivity contribution in [2.75, 3.05) is 11.1 Å². The fourth-order valence-electron chi connectivity index (χ4n) is 2.39. The molecular formula is C13H16F2N2O. The first-order valence-corrected chi connectivity index (χ1v) is 6.10. The molecule has 0 heterocycles. The van der Waals surface area contributed by atoms with Crippen LogP contribution in [0.5, 0.6) is 0 Å². The number of nitrogens with two attached hydrogens (primary N) is 1. The van der Waals surface area contributed by atoms with Gasteiger partial charge in [0.05, 0.1) is 5.69 Å². The first kappa shape index (κ1) is 12.8. The molecular weight excluding hydrogens is 238 g/mol. The van der Waals surface area contributed by atoms with Crippen molar-refractivity contribution in [1.82, 2.24) is 0 Å². The predicted molar refractivity (Wildman–Crippen MR) is 66.0 cm³/mol. The van der Waals surface area contributed by atoms with Crippen LogP contribution >= 0.6 is 0 Å². The molecule has 0 aromatic heterocycles. The summed E-state index contributed by atoms with van der Waals surface area (Å²) in [6.45, 7) is 0. The molecule has 1 saturated carbocycles. The topological polar surface area (TPSA) is 55.1 Å². The number of amides is 1. The lowest BCUT2D eigenvalue weighted by Gasteiger charge is -2.12. The lowest BCUT2D eigenvalue weighted by atomic mass is 10.0. The minimum atomic E-state index is -0.840. The number of carbonyl (C=O) groups excluding carboxylic acids is 1. The number of benzene rings is 1. The van der Waals surface area contributed by atoms with Crippen LogP contribution in [-0.2, 0) is 4.79 Å². The van der Waals surface area contributed by atoms with E-state index in [1.807, 2.05) is 0 Å². The number of halogens is 2. The van der Waals surface area contributed by atoms with Gasteiger partial charge in [0.1, 0.15) is 11.5 Å². The van der Waals surface area contributed by atoms with Crippen LogP contribution in [0.4, 0.5) is 20.2 Å². The Morgan fingerprint density at radius 2 is 2.00 bits per heavy atom. The Bertz CT molecular complexity index is 433. The number of nitrogens with one attached hydrogen (secondary N) is 1. The molecule has 1 fully saturated rings. The van der Waals surface area contributed by atoms with Crippen LogP contribution in [0.1, 0.15) is 32.1 Å². The lowest BCUT2D eigenvalue weighted by molar-refractivity contribution is -0.117. The van der Waals surface area contributed by atoms with Crippen LogP contribution in [0, 0.1) is 17.6 Å². The monoisotopic (exact) mass is 254 g/mol. The molecule has 1 aromatic carbocycles. The molecule has 5 heteroatoms. The number of rotatable bonds is 3. The average molecular weight is 254 g/mol. The molecule has 0 atom stereocenters. The molecule has 0 radical (unpaired) electrons. The average Bonchev–Trinajstić information content (AvgIpc) is 2.76. The minimum absolute atomic E-state index is 0.0905. The van der Waals surface area contributed by atoms with Gasteiger partial charge in [0.2, 0.25) is 5.91 Å². The third-order valence-electron chi connectivity index (χ3n) is 3.30. The smallest absolute Gasteiger partial charge is 0.224 e. The second kappa shape index (κ2) is 5.33. The highest BCUT2D eigenvalue weighted by molar-refractivity contribution is 5.94. The van der Waals surface area contributed by atoms with Gasteiger partial charge in [-0.2, -0.15) is 0 Å². The maximum atomic E-state index is 13.5. The van der Waals surface area contributed by atoms with Crippen molar-refractivity contribution in [3.05, 3.63) is 23.8 Å². The summed E-state index contributed by atoms with van der Waals surface area (Å²) in [4.78, 5) is 11.7. The molecule has 1 aliphatic carbocycles. The van der Waals surface area contributed by atoms with Gasteiger partial charge in [-0.25, -0.2) is 8.78 Å².